The molecule has 0 bridgehead atoms. The van der Waals surface area contributed by atoms with Crippen LogP contribution in [0.2, 0.25) is 0 Å². The van der Waals surface area contributed by atoms with Crippen LogP contribution in [0.3, 0.4) is 0 Å². The van der Waals surface area contributed by atoms with Crippen LogP contribution in [0.4, 0.5) is 0 Å². The molecule has 0 aromatic rings. The van der Waals surface area contributed by atoms with Crippen LogP contribution < -0.4 is 5.32 Å². The van der Waals surface area contributed by atoms with Gasteiger partial charge in [0.1, 0.15) is 5.84 Å². The summed E-state index contributed by atoms with van der Waals surface area (Å²) >= 11 is 0. The van der Waals surface area contributed by atoms with Crippen molar-refractivity contribution in [3.8, 4) is 0 Å². The summed E-state index contributed by atoms with van der Waals surface area (Å²) < 4.78 is 0. The van der Waals surface area contributed by atoms with Gasteiger partial charge in [0.25, 0.3) is 5.91 Å². The summed E-state index contributed by atoms with van der Waals surface area (Å²) in [5.74, 6) is 0.601. The summed E-state index contributed by atoms with van der Waals surface area (Å²) in [7, 11) is 0. The van der Waals surface area contributed by atoms with Gasteiger partial charge in [-0.2, -0.15) is 10.2 Å². The number of carbonyl (C=O) groups is 1. The van der Waals surface area contributed by atoms with E-state index in [-0.39, 0.29) is 12.1 Å². The molecule has 0 saturated heterocycles. The summed E-state index contributed by atoms with van der Waals surface area (Å²) in [5.41, 5.74) is 0.542. The number of rotatable bonds is 2. The summed E-state index contributed by atoms with van der Waals surface area (Å²) in [6.07, 6.45) is 2.83. The van der Waals surface area contributed by atoms with Gasteiger partial charge < -0.3 is 5.32 Å². The van der Waals surface area contributed by atoms with E-state index < -0.39 is 0 Å². The molecule has 0 aromatic heterocycles. The molecular weight excluding hydrogens is 168 g/mol. The maximum absolute atomic E-state index is 11.4. The zero-order valence-electron chi connectivity index (χ0n) is 7.32. The Kier molecular flexibility index (Phi) is 1.92. The molecule has 2 rings (SSSR count). The van der Waals surface area contributed by atoms with Gasteiger partial charge >= 0.3 is 0 Å². The zero-order valence-corrected chi connectivity index (χ0v) is 7.32. The summed E-state index contributed by atoms with van der Waals surface area (Å²) in [5, 5.41) is 10.2. The van der Waals surface area contributed by atoms with Crippen molar-refractivity contribution in [1.29, 1.82) is 0 Å². The molecule has 1 atom stereocenters. The Morgan fingerprint density at radius 3 is 3.23 bits per heavy atom. The lowest BCUT2D eigenvalue weighted by Gasteiger charge is -2.16. The third kappa shape index (κ3) is 1.37. The number of carbonyl (C=O) groups excluding carboxylic acids is 1. The lowest BCUT2D eigenvalue weighted by Crippen LogP contribution is -2.39. The second-order valence-corrected chi connectivity index (χ2v) is 2.97. The Morgan fingerprint density at radius 1 is 1.62 bits per heavy atom. The second kappa shape index (κ2) is 3.08. The molecule has 68 valence electrons. The molecule has 2 heterocycles. The van der Waals surface area contributed by atoms with Gasteiger partial charge in [0, 0.05) is 6.42 Å². The summed E-state index contributed by atoms with van der Waals surface area (Å²) in [6, 6.07) is 0. The minimum Gasteiger partial charge on any atom is -0.310 e. The molecule has 0 saturated carbocycles. The predicted octanol–water partition coefficient (Wildman–Crippen LogP) is 0.991. The van der Waals surface area contributed by atoms with E-state index in [1.165, 1.54) is 6.20 Å². The number of nitrogens with one attached hydrogen (secondary N) is 1. The number of aliphatic imine (C=N–C) groups is 1. The molecule has 13 heavy (non-hydrogen) atoms. The molecule has 5 nitrogen and oxygen atoms in total. The van der Waals surface area contributed by atoms with Crippen LogP contribution in [0.15, 0.2) is 27.0 Å². The molecule has 1 amide bonds. The third-order valence-corrected chi connectivity index (χ3v) is 1.94. The highest BCUT2D eigenvalue weighted by Gasteiger charge is 2.28. The fourth-order valence-electron chi connectivity index (χ4n) is 1.31. The molecule has 1 N–H and O–H groups in total. The van der Waals surface area contributed by atoms with E-state index in [9.17, 15) is 4.79 Å². The number of hydrogen-bond donors (Lipinski definition) is 1. The Morgan fingerprint density at radius 2 is 2.46 bits per heavy atom. The fraction of sp³-hybridized carbons (Fsp3) is 0.500. The van der Waals surface area contributed by atoms with E-state index in [1.807, 2.05) is 6.92 Å². The Labute approximate surface area is 75.6 Å². The molecule has 0 aliphatic carbocycles. The van der Waals surface area contributed by atoms with Crippen molar-refractivity contribution in [2.75, 3.05) is 0 Å². The van der Waals surface area contributed by atoms with Gasteiger partial charge in [0.05, 0.1) is 11.8 Å². The number of amides is 1. The van der Waals surface area contributed by atoms with E-state index in [0.29, 0.717) is 5.57 Å². The van der Waals surface area contributed by atoms with Crippen molar-refractivity contribution in [3.05, 3.63) is 11.8 Å². The van der Waals surface area contributed by atoms with Crippen molar-refractivity contribution in [3.63, 3.8) is 0 Å². The average Bonchev–Trinajstić information content (AvgIpc) is 2.53. The molecule has 0 spiro atoms. The SMILES string of the molecule is CCCC1=NC2N=NC=C2C(=O)N1. The molecule has 1 unspecified atom stereocenters. The van der Waals surface area contributed by atoms with E-state index in [2.05, 4.69) is 20.5 Å². The van der Waals surface area contributed by atoms with Crippen molar-refractivity contribution in [2.45, 2.75) is 25.9 Å². The van der Waals surface area contributed by atoms with Gasteiger partial charge in [0.2, 0.25) is 0 Å². The predicted molar refractivity (Wildman–Crippen MR) is 47.2 cm³/mol. The lowest BCUT2D eigenvalue weighted by atomic mass is 10.1. The number of hydrogen-bond acceptors (Lipinski definition) is 4. The third-order valence-electron chi connectivity index (χ3n) is 1.94. The van der Waals surface area contributed by atoms with E-state index >= 15 is 0 Å². The van der Waals surface area contributed by atoms with Gasteiger partial charge in [-0.25, -0.2) is 4.99 Å². The molecule has 5 heteroatoms. The first kappa shape index (κ1) is 8.10. The van der Waals surface area contributed by atoms with Crippen LogP contribution in [-0.2, 0) is 4.79 Å². The standard InChI is InChI=1S/C8H10N4O/c1-2-3-6-10-7-5(4-9-12-7)8(13)11-6/h4,7H,2-3H2,1H3,(H,10,11,13). The number of fused-ring (bicyclic) bond motifs is 1. The molecule has 0 radical (unpaired) electrons. The highest BCUT2D eigenvalue weighted by Crippen LogP contribution is 2.19. The minimum atomic E-state index is -0.379. The van der Waals surface area contributed by atoms with Crippen molar-refractivity contribution < 1.29 is 4.79 Å². The van der Waals surface area contributed by atoms with Crippen LogP contribution in [0.5, 0.6) is 0 Å². The zero-order chi connectivity index (χ0) is 9.26. The van der Waals surface area contributed by atoms with Crippen LogP contribution in [0.1, 0.15) is 19.8 Å². The molecular formula is C8H10N4O. The smallest absolute Gasteiger partial charge is 0.258 e. The number of amidine groups is 1. The number of azo groups is 1. The van der Waals surface area contributed by atoms with E-state index in [4.69, 9.17) is 0 Å². The normalized spacial score (nSPS) is 25.0. The Balaban J connectivity index is 2.22. The van der Waals surface area contributed by atoms with Crippen LogP contribution in [-0.4, -0.2) is 17.9 Å². The minimum absolute atomic E-state index is 0.117. The molecule has 2 aliphatic heterocycles. The highest BCUT2D eigenvalue weighted by atomic mass is 16.2. The second-order valence-electron chi connectivity index (χ2n) is 2.97. The lowest BCUT2D eigenvalue weighted by molar-refractivity contribution is -0.116. The highest BCUT2D eigenvalue weighted by molar-refractivity contribution is 6.09. The average molecular weight is 178 g/mol. The largest absolute Gasteiger partial charge is 0.310 e. The summed E-state index contributed by atoms with van der Waals surface area (Å²) in [6.45, 7) is 2.04. The van der Waals surface area contributed by atoms with Crippen molar-refractivity contribution in [1.82, 2.24) is 5.32 Å². The van der Waals surface area contributed by atoms with Crippen LogP contribution >= 0.6 is 0 Å². The van der Waals surface area contributed by atoms with Gasteiger partial charge in [-0.1, -0.05) is 6.92 Å². The molecule has 0 aromatic carbocycles. The van der Waals surface area contributed by atoms with Gasteiger partial charge in [-0.15, -0.1) is 0 Å². The Hall–Kier alpha value is -1.52. The first-order valence-corrected chi connectivity index (χ1v) is 4.29. The monoisotopic (exact) mass is 178 g/mol. The van der Waals surface area contributed by atoms with Crippen molar-refractivity contribution in [2.24, 2.45) is 15.2 Å². The van der Waals surface area contributed by atoms with Gasteiger partial charge in [-0.05, 0) is 6.42 Å². The van der Waals surface area contributed by atoms with Gasteiger partial charge in [0.15, 0.2) is 6.17 Å². The fourth-order valence-corrected chi connectivity index (χ4v) is 1.31. The topological polar surface area (TPSA) is 66.2 Å². The molecule has 2 aliphatic rings. The molecule has 0 fully saturated rings. The quantitative estimate of drug-likeness (QED) is 0.673. The van der Waals surface area contributed by atoms with E-state index in [1.54, 1.807) is 0 Å². The summed E-state index contributed by atoms with van der Waals surface area (Å²) in [4.78, 5) is 15.6. The Bertz CT molecular complexity index is 329. The first-order valence-electron chi connectivity index (χ1n) is 4.29. The maximum atomic E-state index is 11.4. The van der Waals surface area contributed by atoms with E-state index in [0.717, 1.165) is 18.7 Å². The first-order chi connectivity index (χ1) is 6.31. The van der Waals surface area contributed by atoms with Crippen LogP contribution in [0.25, 0.3) is 0 Å². The van der Waals surface area contributed by atoms with Gasteiger partial charge in [-0.3, -0.25) is 4.79 Å². The van der Waals surface area contributed by atoms with Crippen LogP contribution in [0, 0.1) is 0 Å². The maximum Gasteiger partial charge on any atom is 0.258 e. The van der Waals surface area contributed by atoms with Crippen molar-refractivity contribution >= 4 is 11.7 Å². The number of nitrogens with zero attached hydrogens (tertiary/aromatic N) is 3.